The van der Waals surface area contributed by atoms with Crippen molar-refractivity contribution in [2.75, 3.05) is 13.1 Å². The zero-order chi connectivity index (χ0) is 22.1. The van der Waals surface area contributed by atoms with Crippen molar-refractivity contribution in [3.05, 3.63) is 70.5 Å². The van der Waals surface area contributed by atoms with E-state index in [9.17, 15) is 9.59 Å². The average Bonchev–Trinajstić information content (AvgIpc) is 3.42. The number of carbonyl (C=O) groups is 1. The topological polar surface area (TPSA) is 97.0 Å². The molecule has 4 aromatic rings. The van der Waals surface area contributed by atoms with Gasteiger partial charge in [0.1, 0.15) is 0 Å². The van der Waals surface area contributed by atoms with Gasteiger partial charge < -0.3 is 14.4 Å². The molecule has 164 valence electrons. The average molecular weight is 431 g/mol. The molecule has 1 amide bonds. The van der Waals surface area contributed by atoms with E-state index in [1.165, 1.54) is 5.56 Å². The first kappa shape index (κ1) is 20.2. The molecule has 0 unspecified atom stereocenters. The van der Waals surface area contributed by atoms with Crippen LogP contribution in [-0.2, 0) is 11.2 Å². The number of likely N-dealkylation sites (tertiary alicyclic amines) is 1. The first-order chi connectivity index (χ1) is 15.6. The van der Waals surface area contributed by atoms with E-state index < -0.39 is 0 Å². The predicted octanol–water partition coefficient (Wildman–Crippen LogP) is 3.48. The maximum absolute atomic E-state index is 12.7. The Morgan fingerprint density at radius 1 is 1.12 bits per heavy atom. The second-order valence-corrected chi connectivity index (χ2v) is 8.31. The molecule has 1 N–H and O–H groups in total. The Morgan fingerprint density at radius 2 is 1.88 bits per heavy atom. The standard InChI is InChI=1S/C24H25N5O3/c1-16-6-8-17(9-7-16)23-26-21(32-27-23)10-11-22(30)28-14-12-18(13-15-28)29-20-5-3-2-4-19(20)25-24(29)31/h2-9,18H,10-15H2,1H3,(H,25,31). The minimum absolute atomic E-state index is 0.0739. The molecule has 5 rings (SSSR count). The number of benzene rings is 2. The summed E-state index contributed by atoms with van der Waals surface area (Å²) < 4.78 is 7.17. The number of hydrogen-bond acceptors (Lipinski definition) is 5. The van der Waals surface area contributed by atoms with Crippen LogP contribution in [0.3, 0.4) is 0 Å². The number of nitrogens with zero attached hydrogens (tertiary/aromatic N) is 4. The Balaban J connectivity index is 1.17. The normalized spacial score (nSPS) is 14.8. The summed E-state index contributed by atoms with van der Waals surface area (Å²) in [4.78, 5) is 34.4. The van der Waals surface area contributed by atoms with Crippen LogP contribution >= 0.6 is 0 Å². The summed E-state index contributed by atoms with van der Waals surface area (Å²) in [5.41, 5.74) is 3.74. The molecule has 8 heteroatoms. The molecule has 3 heterocycles. The summed E-state index contributed by atoms with van der Waals surface area (Å²) in [5, 5.41) is 4.03. The van der Waals surface area contributed by atoms with Gasteiger partial charge in [-0.1, -0.05) is 47.1 Å². The molecule has 0 radical (unpaired) electrons. The molecule has 2 aromatic heterocycles. The van der Waals surface area contributed by atoms with E-state index in [4.69, 9.17) is 4.52 Å². The van der Waals surface area contributed by atoms with Crippen molar-refractivity contribution in [3.8, 4) is 11.4 Å². The van der Waals surface area contributed by atoms with Gasteiger partial charge in [-0.2, -0.15) is 4.98 Å². The van der Waals surface area contributed by atoms with Crippen LogP contribution in [0.1, 0.15) is 36.8 Å². The van der Waals surface area contributed by atoms with Gasteiger partial charge in [-0.25, -0.2) is 4.79 Å². The number of aryl methyl sites for hydroxylation is 2. The lowest BCUT2D eigenvalue weighted by atomic mass is 10.0. The summed E-state index contributed by atoms with van der Waals surface area (Å²) in [5.74, 6) is 1.08. The van der Waals surface area contributed by atoms with Gasteiger partial charge in [0.15, 0.2) is 0 Å². The lowest BCUT2D eigenvalue weighted by Gasteiger charge is -2.32. The minimum atomic E-state index is -0.0863. The largest absolute Gasteiger partial charge is 0.343 e. The molecule has 1 fully saturated rings. The van der Waals surface area contributed by atoms with E-state index in [-0.39, 0.29) is 17.6 Å². The Labute approximate surface area is 184 Å². The van der Waals surface area contributed by atoms with Crippen molar-refractivity contribution in [1.82, 2.24) is 24.6 Å². The van der Waals surface area contributed by atoms with Gasteiger partial charge in [0, 0.05) is 37.5 Å². The number of rotatable bonds is 5. The van der Waals surface area contributed by atoms with Gasteiger partial charge in [-0.05, 0) is 31.9 Å². The lowest BCUT2D eigenvalue weighted by molar-refractivity contribution is -0.132. The number of para-hydroxylation sites is 2. The highest BCUT2D eigenvalue weighted by atomic mass is 16.5. The first-order valence-electron chi connectivity index (χ1n) is 10.9. The van der Waals surface area contributed by atoms with E-state index in [1.54, 1.807) is 0 Å². The molecule has 8 nitrogen and oxygen atoms in total. The van der Waals surface area contributed by atoms with E-state index in [0.717, 1.165) is 29.4 Å². The van der Waals surface area contributed by atoms with Crippen molar-refractivity contribution in [2.45, 2.75) is 38.6 Å². The minimum Gasteiger partial charge on any atom is -0.343 e. The molecule has 32 heavy (non-hydrogen) atoms. The van der Waals surface area contributed by atoms with Crippen LogP contribution in [0.5, 0.6) is 0 Å². The third-order valence-corrected chi connectivity index (χ3v) is 6.14. The molecule has 0 atom stereocenters. The number of imidazole rings is 1. The zero-order valence-electron chi connectivity index (χ0n) is 18.0. The second-order valence-electron chi connectivity index (χ2n) is 8.31. The number of carbonyl (C=O) groups excluding carboxylic acids is 1. The molecule has 0 saturated carbocycles. The molecule has 1 saturated heterocycles. The van der Waals surface area contributed by atoms with Crippen molar-refractivity contribution in [1.29, 1.82) is 0 Å². The zero-order valence-corrected chi connectivity index (χ0v) is 18.0. The Morgan fingerprint density at radius 3 is 2.66 bits per heavy atom. The van der Waals surface area contributed by atoms with Gasteiger partial charge in [0.25, 0.3) is 0 Å². The number of aromatic amines is 1. The van der Waals surface area contributed by atoms with Crippen LogP contribution in [-0.4, -0.2) is 43.6 Å². The molecule has 0 bridgehead atoms. The van der Waals surface area contributed by atoms with Gasteiger partial charge in [-0.15, -0.1) is 0 Å². The van der Waals surface area contributed by atoms with Crippen molar-refractivity contribution in [3.63, 3.8) is 0 Å². The molecule has 0 spiro atoms. The Kier molecular flexibility index (Phi) is 5.34. The van der Waals surface area contributed by atoms with Gasteiger partial charge in [-0.3, -0.25) is 9.36 Å². The number of piperidine rings is 1. The van der Waals surface area contributed by atoms with E-state index in [1.807, 2.05) is 64.9 Å². The summed E-state index contributed by atoms with van der Waals surface area (Å²) in [6.45, 7) is 3.29. The number of amides is 1. The number of hydrogen-bond donors (Lipinski definition) is 1. The number of nitrogens with one attached hydrogen (secondary N) is 1. The molecule has 0 aliphatic carbocycles. The summed E-state index contributed by atoms with van der Waals surface area (Å²) in [7, 11) is 0. The van der Waals surface area contributed by atoms with E-state index >= 15 is 0 Å². The van der Waals surface area contributed by atoms with Crippen LogP contribution in [0.2, 0.25) is 0 Å². The van der Waals surface area contributed by atoms with Gasteiger partial charge in [0.2, 0.25) is 17.6 Å². The van der Waals surface area contributed by atoms with Crippen LogP contribution in [0.15, 0.2) is 57.8 Å². The quantitative estimate of drug-likeness (QED) is 0.522. The molecular weight excluding hydrogens is 406 g/mol. The summed E-state index contributed by atoms with van der Waals surface area (Å²) in [6.07, 6.45) is 2.25. The maximum Gasteiger partial charge on any atom is 0.326 e. The summed E-state index contributed by atoms with van der Waals surface area (Å²) in [6, 6.07) is 15.7. The van der Waals surface area contributed by atoms with Gasteiger partial charge in [0.05, 0.1) is 11.0 Å². The number of H-pyrrole nitrogens is 1. The van der Waals surface area contributed by atoms with E-state index in [2.05, 4.69) is 15.1 Å². The fourth-order valence-corrected chi connectivity index (χ4v) is 4.36. The van der Waals surface area contributed by atoms with Gasteiger partial charge >= 0.3 is 5.69 Å². The fourth-order valence-electron chi connectivity index (χ4n) is 4.36. The SMILES string of the molecule is Cc1ccc(-c2noc(CCC(=O)N3CCC(n4c(=O)[nH]c5ccccc54)CC3)n2)cc1. The second kappa shape index (κ2) is 8.45. The van der Waals surface area contributed by atoms with Crippen molar-refractivity contribution >= 4 is 16.9 Å². The smallest absolute Gasteiger partial charge is 0.326 e. The van der Waals surface area contributed by atoms with Crippen LogP contribution in [0, 0.1) is 6.92 Å². The molecule has 1 aliphatic heterocycles. The van der Waals surface area contributed by atoms with Crippen LogP contribution in [0.25, 0.3) is 22.4 Å². The monoisotopic (exact) mass is 431 g/mol. The first-order valence-corrected chi connectivity index (χ1v) is 10.9. The number of aromatic nitrogens is 4. The third-order valence-electron chi connectivity index (χ3n) is 6.14. The molecule has 1 aliphatic rings. The molecular formula is C24H25N5O3. The highest BCUT2D eigenvalue weighted by Gasteiger charge is 2.26. The van der Waals surface area contributed by atoms with Crippen LogP contribution < -0.4 is 5.69 Å². The highest BCUT2D eigenvalue weighted by Crippen LogP contribution is 2.25. The third kappa shape index (κ3) is 3.95. The van der Waals surface area contributed by atoms with E-state index in [0.29, 0.717) is 37.6 Å². The van der Waals surface area contributed by atoms with Crippen LogP contribution in [0.4, 0.5) is 0 Å². The van der Waals surface area contributed by atoms with Crippen molar-refractivity contribution < 1.29 is 9.32 Å². The van der Waals surface area contributed by atoms with Crippen molar-refractivity contribution in [2.24, 2.45) is 0 Å². The highest BCUT2D eigenvalue weighted by molar-refractivity contribution is 5.77. The number of fused-ring (bicyclic) bond motifs is 1. The lowest BCUT2D eigenvalue weighted by Crippen LogP contribution is -2.40. The predicted molar refractivity (Wildman–Crippen MR) is 120 cm³/mol. The molecule has 2 aromatic carbocycles. The maximum atomic E-state index is 12.7. The Hall–Kier alpha value is -3.68. The Bertz CT molecular complexity index is 1290. The fraction of sp³-hybridized carbons (Fsp3) is 0.333. The summed E-state index contributed by atoms with van der Waals surface area (Å²) >= 11 is 0.